The van der Waals surface area contributed by atoms with Crippen LogP contribution < -0.4 is 0 Å². The Kier molecular flexibility index (Phi) is 3.92. The van der Waals surface area contributed by atoms with E-state index in [-0.39, 0.29) is 17.7 Å². The van der Waals surface area contributed by atoms with Gasteiger partial charge in [0.05, 0.1) is 13.0 Å². The molecule has 0 saturated carbocycles. The van der Waals surface area contributed by atoms with Gasteiger partial charge in [0.1, 0.15) is 0 Å². The molecule has 1 aliphatic carbocycles. The van der Waals surface area contributed by atoms with E-state index >= 15 is 0 Å². The molecule has 0 N–H and O–H groups in total. The van der Waals surface area contributed by atoms with Crippen molar-refractivity contribution >= 4 is 11.8 Å². The summed E-state index contributed by atoms with van der Waals surface area (Å²) in [5.41, 5.74) is 1.52. The van der Waals surface area contributed by atoms with Crippen molar-refractivity contribution in [3.8, 4) is 0 Å². The second-order valence-corrected chi connectivity index (χ2v) is 4.42. The Hall–Kier alpha value is -1.90. The van der Waals surface area contributed by atoms with Gasteiger partial charge in [0.15, 0.2) is 5.78 Å². The van der Waals surface area contributed by atoms with Crippen LogP contribution in [0.5, 0.6) is 0 Å². The fourth-order valence-corrected chi connectivity index (χ4v) is 2.20. The first-order chi connectivity index (χ1) is 8.72. The maximum Gasteiger partial charge on any atom is 0.308 e. The van der Waals surface area contributed by atoms with Crippen molar-refractivity contribution in [2.75, 3.05) is 7.11 Å². The van der Waals surface area contributed by atoms with E-state index in [0.717, 1.165) is 5.57 Å². The van der Waals surface area contributed by atoms with Crippen molar-refractivity contribution in [3.05, 3.63) is 47.5 Å². The summed E-state index contributed by atoms with van der Waals surface area (Å²) in [6.07, 6.45) is 3.81. The normalized spacial score (nSPS) is 18.9. The summed E-state index contributed by atoms with van der Waals surface area (Å²) in [4.78, 5) is 23.5. The van der Waals surface area contributed by atoms with E-state index in [4.69, 9.17) is 4.74 Å². The second kappa shape index (κ2) is 5.63. The summed E-state index contributed by atoms with van der Waals surface area (Å²) < 4.78 is 4.72. The molecule has 0 aliphatic heterocycles. The van der Waals surface area contributed by atoms with Gasteiger partial charge in [-0.25, -0.2) is 0 Å². The second-order valence-electron chi connectivity index (χ2n) is 4.42. The zero-order valence-corrected chi connectivity index (χ0v) is 10.4. The Morgan fingerprint density at radius 1 is 1.22 bits per heavy atom. The van der Waals surface area contributed by atoms with Gasteiger partial charge in [-0.15, -0.1) is 0 Å². The molecule has 2 rings (SSSR count). The minimum atomic E-state index is -0.183. The van der Waals surface area contributed by atoms with Crippen molar-refractivity contribution in [2.24, 2.45) is 5.92 Å². The molecule has 0 heterocycles. The Labute approximate surface area is 106 Å². The van der Waals surface area contributed by atoms with Crippen molar-refractivity contribution in [3.63, 3.8) is 0 Å². The van der Waals surface area contributed by atoms with E-state index in [1.807, 2.05) is 36.4 Å². The number of carbonyl (C=O) groups is 2. The molecule has 3 heteroatoms. The molecule has 94 valence electrons. The Balaban J connectivity index is 2.06. The van der Waals surface area contributed by atoms with Gasteiger partial charge in [0.25, 0.3) is 0 Å². The Morgan fingerprint density at radius 3 is 2.50 bits per heavy atom. The van der Waals surface area contributed by atoms with Crippen LogP contribution in [-0.4, -0.2) is 18.9 Å². The van der Waals surface area contributed by atoms with Crippen molar-refractivity contribution in [1.29, 1.82) is 0 Å². The van der Waals surface area contributed by atoms with Crippen LogP contribution in [0.1, 0.15) is 29.6 Å². The summed E-state index contributed by atoms with van der Waals surface area (Å²) >= 11 is 0. The molecule has 0 aromatic heterocycles. The standard InChI is InChI=1S/C15H16O3/c1-18-15(17)13-9-7-12(8-10-13)14(16)11-5-3-2-4-6-11/h2-7,13H,8-10H2,1H3. The predicted molar refractivity (Wildman–Crippen MR) is 68.2 cm³/mol. The number of carbonyl (C=O) groups excluding carboxylic acids is 2. The highest BCUT2D eigenvalue weighted by atomic mass is 16.5. The molecule has 0 bridgehead atoms. The lowest BCUT2D eigenvalue weighted by Gasteiger charge is -2.19. The molecule has 0 radical (unpaired) electrons. The number of rotatable bonds is 3. The molecule has 1 aliphatic rings. The number of methoxy groups -OCH3 is 1. The van der Waals surface area contributed by atoms with Gasteiger partial charge in [0, 0.05) is 5.56 Å². The summed E-state index contributed by atoms with van der Waals surface area (Å²) in [5, 5.41) is 0. The van der Waals surface area contributed by atoms with E-state index in [9.17, 15) is 9.59 Å². The number of Topliss-reactive ketones (excluding diaryl/α,β-unsaturated/α-hetero) is 1. The van der Waals surface area contributed by atoms with Crippen LogP contribution in [0.15, 0.2) is 42.0 Å². The zero-order chi connectivity index (χ0) is 13.0. The monoisotopic (exact) mass is 244 g/mol. The van der Waals surface area contributed by atoms with E-state index in [1.54, 1.807) is 0 Å². The molecule has 3 nitrogen and oxygen atoms in total. The van der Waals surface area contributed by atoms with E-state index in [1.165, 1.54) is 7.11 Å². The number of ketones is 1. The van der Waals surface area contributed by atoms with Crippen LogP contribution in [0.25, 0.3) is 0 Å². The smallest absolute Gasteiger partial charge is 0.308 e. The number of allylic oxidation sites excluding steroid dienone is 2. The number of hydrogen-bond acceptors (Lipinski definition) is 3. The third-order valence-electron chi connectivity index (χ3n) is 3.27. The molecular weight excluding hydrogens is 228 g/mol. The number of esters is 1. The number of hydrogen-bond donors (Lipinski definition) is 0. The van der Waals surface area contributed by atoms with Crippen LogP contribution in [-0.2, 0) is 9.53 Å². The molecule has 0 spiro atoms. The van der Waals surface area contributed by atoms with Gasteiger partial charge in [-0.05, 0) is 24.8 Å². The SMILES string of the molecule is COC(=O)C1CC=C(C(=O)c2ccccc2)CC1. The lowest BCUT2D eigenvalue weighted by Crippen LogP contribution is -2.20. The lowest BCUT2D eigenvalue weighted by molar-refractivity contribution is -0.145. The van der Waals surface area contributed by atoms with Crippen LogP contribution >= 0.6 is 0 Å². The number of ether oxygens (including phenoxy) is 1. The van der Waals surface area contributed by atoms with Crippen molar-refractivity contribution in [2.45, 2.75) is 19.3 Å². The summed E-state index contributed by atoms with van der Waals surface area (Å²) in [5.74, 6) is -0.210. The molecule has 1 atom stereocenters. The minimum absolute atomic E-state index is 0.0684. The largest absolute Gasteiger partial charge is 0.469 e. The van der Waals surface area contributed by atoms with Gasteiger partial charge in [-0.1, -0.05) is 36.4 Å². The average Bonchev–Trinajstić information content (AvgIpc) is 2.47. The van der Waals surface area contributed by atoms with Crippen LogP contribution in [0.2, 0.25) is 0 Å². The first-order valence-corrected chi connectivity index (χ1v) is 6.09. The highest BCUT2D eigenvalue weighted by molar-refractivity contribution is 6.08. The average molecular weight is 244 g/mol. The fourth-order valence-electron chi connectivity index (χ4n) is 2.20. The summed E-state index contributed by atoms with van der Waals surface area (Å²) in [6, 6.07) is 9.23. The molecule has 1 aromatic rings. The van der Waals surface area contributed by atoms with Crippen molar-refractivity contribution in [1.82, 2.24) is 0 Å². The number of benzene rings is 1. The van der Waals surface area contributed by atoms with Crippen LogP contribution in [0.4, 0.5) is 0 Å². The van der Waals surface area contributed by atoms with Gasteiger partial charge >= 0.3 is 5.97 Å². The fraction of sp³-hybridized carbons (Fsp3) is 0.333. The molecule has 0 fully saturated rings. The summed E-state index contributed by atoms with van der Waals surface area (Å²) in [7, 11) is 1.40. The highest BCUT2D eigenvalue weighted by Crippen LogP contribution is 2.26. The predicted octanol–water partition coefficient (Wildman–Crippen LogP) is 2.77. The summed E-state index contributed by atoms with van der Waals surface area (Å²) in [6.45, 7) is 0. The maximum atomic E-state index is 12.2. The van der Waals surface area contributed by atoms with Crippen LogP contribution in [0.3, 0.4) is 0 Å². The zero-order valence-electron chi connectivity index (χ0n) is 10.4. The Morgan fingerprint density at radius 2 is 1.94 bits per heavy atom. The third-order valence-corrected chi connectivity index (χ3v) is 3.27. The maximum absolute atomic E-state index is 12.2. The van der Waals surface area contributed by atoms with Gasteiger partial charge in [0.2, 0.25) is 0 Å². The molecule has 1 unspecified atom stereocenters. The molecule has 0 saturated heterocycles. The molecule has 1 aromatic carbocycles. The Bertz CT molecular complexity index is 474. The van der Waals surface area contributed by atoms with Crippen LogP contribution in [0, 0.1) is 5.92 Å². The van der Waals surface area contributed by atoms with Gasteiger partial charge in [-0.2, -0.15) is 0 Å². The highest BCUT2D eigenvalue weighted by Gasteiger charge is 2.24. The lowest BCUT2D eigenvalue weighted by atomic mass is 9.86. The first kappa shape index (κ1) is 12.6. The quantitative estimate of drug-likeness (QED) is 0.606. The van der Waals surface area contributed by atoms with Crippen molar-refractivity contribution < 1.29 is 14.3 Å². The third kappa shape index (κ3) is 2.67. The van der Waals surface area contributed by atoms with E-state index in [0.29, 0.717) is 24.8 Å². The topological polar surface area (TPSA) is 43.4 Å². The molecule has 18 heavy (non-hydrogen) atoms. The van der Waals surface area contributed by atoms with Gasteiger partial charge < -0.3 is 4.74 Å². The first-order valence-electron chi connectivity index (χ1n) is 6.09. The van der Waals surface area contributed by atoms with E-state index < -0.39 is 0 Å². The minimum Gasteiger partial charge on any atom is -0.469 e. The molecule has 0 amide bonds. The van der Waals surface area contributed by atoms with E-state index in [2.05, 4.69) is 0 Å². The molecular formula is C15H16O3. The van der Waals surface area contributed by atoms with Gasteiger partial charge in [-0.3, -0.25) is 9.59 Å².